The van der Waals surface area contributed by atoms with Gasteiger partial charge in [-0.15, -0.1) is 0 Å². The second-order valence-corrected chi connectivity index (χ2v) is 17.3. The van der Waals surface area contributed by atoms with Crippen molar-refractivity contribution in [2.75, 3.05) is 6.61 Å². The zero-order valence-corrected chi connectivity index (χ0v) is 28.5. The molecule has 1 saturated heterocycles. The highest BCUT2D eigenvalue weighted by Crippen LogP contribution is 2.76. The Hall–Kier alpha value is -0.580. The van der Waals surface area contributed by atoms with Crippen molar-refractivity contribution in [3.05, 3.63) is 11.6 Å². The summed E-state index contributed by atoms with van der Waals surface area (Å²) in [6.45, 7) is 17.5. The molecule has 5 fully saturated rings. The molecule has 1 aliphatic heterocycles. The van der Waals surface area contributed by atoms with Gasteiger partial charge in [-0.3, -0.25) is 0 Å². The Morgan fingerprint density at radius 3 is 2.16 bits per heavy atom. The van der Waals surface area contributed by atoms with E-state index in [2.05, 4.69) is 61.5 Å². The Kier molecular flexibility index (Phi) is 9.35. The summed E-state index contributed by atoms with van der Waals surface area (Å²) in [5.74, 6) is 0.713. The first-order valence-electron chi connectivity index (χ1n) is 17.3. The molecular weight excluding hydrogens is 560 g/mol. The monoisotopic (exact) mass is 622 g/mol. The molecule has 0 bridgehead atoms. The van der Waals surface area contributed by atoms with Crippen LogP contribution in [0.4, 0.5) is 0 Å². The van der Waals surface area contributed by atoms with Crippen molar-refractivity contribution in [1.29, 1.82) is 0 Å². The highest BCUT2D eigenvalue weighted by atomic mass is 16.7. The van der Waals surface area contributed by atoms with Crippen molar-refractivity contribution >= 4 is 0 Å². The van der Waals surface area contributed by atoms with Crippen LogP contribution >= 0.6 is 0 Å². The van der Waals surface area contributed by atoms with Gasteiger partial charge in [0.25, 0.3) is 0 Å². The Bertz CT molecular complexity index is 1070. The molecule has 0 radical (unpaired) electrons. The molecule has 15 atom stereocenters. The molecule has 0 spiro atoms. The summed E-state index contributed by atoms with van der Waals surface area (Å²) in [7, 11) is 0. The van der Waals surface area contributed by atoms with Crippen molar-refractivity contribution in [1.82, 2.24) is 0 Å². The molecule has 44 heavy (non-hydrogen) atoms. The normalized spacial score (nSPS) is 51.5. The smallest absolute Gasteiger partial charge is 0.187 e. The quantitative estimate of drug-likeness (QED) is 0.231. The minimum absolute atomic E-state index is 0.0131. The SMILES string of the molecule is CC(C)=CCC[C@](C)(O[C@@H]1O[C@H](CO)[C@@H](O)[C@H](O)[C@H]1O)[C@@H]1CC[C@]2(C)[C@@H]1[C@H](O)C[C@@H]1[C@@]3(C)CC[C@H](O)C(C)(C)[C@H]3CC[C@]12C. The van der Waals surface area contributed by atoms with Crippen molar-refractivity contribution in [3.63, 3.8) is 0 Å². The van der Waals surface area contributed by atoms with Crippen LogP contribution in [0.2, 0.25) is 0 Å². The largest absolute Gasteiger partial charge is 0.394 e. The lowest BCUT2D eigenvalue weighted by atomic mass is 9.35. The molecule has 254 valence electrons. The average molecular weight is 623 g/mol. The summed E-state index contributed by atoms with van der Waals surface area (Å²) in [5.41, 5.74) is 0.171. The molecule has 0 unspecified atom stereocenters. The number of aliphatic hydroxyl groups is 6. The predicted octanol–water partition coefficient (Wildman–Crippen LogP) is 4.32. The lowest BCUT2D eigenvalue weighted by Gasteiger charge is -2.70. The summed E-state index contributed by atoms with van der Waals surface area (Å²) >= 11 is 0. The van der Waals surface area contributed by atoms with E-state index < -0.39 is 49.0 Å². The summed E-state index contributed by atoms with van der Waals surface area (Å²) < 4.78 is 12.6. The van der Waals surface area contributed by atoms with E-state index in [1.165, 1.54) is 5.57 Å². The van der Waals surface area contributed by atoms with E-state index in [0.29, 0.717) is 18.3 Å². The molecule has 0 amide bonds. The number of ether oxygens (including phenoxy) is 2. The maximum Gasteiger partial charge on any atom is 0.187 e. The molecule has 0 aromatic carbocycles. The fourth-order valence-corrected chi connectivity index (χ4v) is 11.8. The van der Waals surface area contributed by atoms with Crippen molar-refractivity contribution in [2.24, 2.45) is 45.3 Å². The zero-order chi connectivity index (χ0) is 32.6. The third kappa shape index (κ3) is 5.17. The third-order valence-corrected chi connectivity index (χ3v) is 14.6. The van der Waals surface area contributed by atoms with Crippen LogP contribution in [0.1, 0.15) is 113 Å². The highest BCUT2D eigenvalue weighted by Gasteiger charge is 2.71. The van der Waals surface area contributed by atoms with Gasteiger partial charge in [-0.05, 0) is 124 Å². The first-order valence-corrected chi connectivity index (χ1v) is 17.3. The van der Waals surface area contributed by atoms with Gasteiger partial charge in [0.05, 0.1) is 24.4 Å². The fourth-order valence-electron chi connectivity index (χ4n) is 11.8. The van der Waals surface area contributed by atoms with E-state index in [-0.39, 0.29) is 39.6 Å². The van der Waals surface area contributed by atoms with E-state index in [0.717, 1.165) is 51.4 Å². The van der Waals surface area contributed by atoms with E-state index in [4.69, 9.17) is 9.47 Å². The molecule has 8 heteroatoms. The molecule has 4 aliphatic carbocycles. The summed E-state index contributed by atoms with van der Waals surface area (Å²) in [4.78, 5) is 0. The number of hydrogen-bond donors (Lipinski definition) is 6. The molecule has 0 aromatic rings. The molecule has 6 N–H and O–H groups in total. The molecular formula is C36H62O8. The second kappa shape index (κ2) is 11.8. The summed E-state index contributed by atoms with van der Waals surface area (Å²) in [5, 5.41) is 65.0. The van der Waals surface area contributed by atoms with Crippen LogP contribution in [0.5, 0.6) is 0 Å². The van der Waals surface area contributed by atoms with Crippen LogP contribution in [-0.4, -0.2) is 85.8 Å². The van der Waals surface area contributed by atoms with Crippen LogP contribution in [-0.2, 0) is 9.47 Å². The van der Waals surface area contributed by atoms with Crippen molar-refractivity contribution in [3.8, 4) is 0 Å². The number of hydrogen-bond acceptors (Lipinski definition) is 8. The minimum Gasteiger partial charge on any atom is -0.394 e. The van der Waals surface area contributed by atoms with Gasteiger partial charge in [-0.25, -0.2) is 0 Å². The Labute approximate surface area is 265 Å². The molecule has 5 aliphatic rings. The lowest BCUT2D eigenvalue weighted by molar-refractivity contribution is -0.336. The van der Waals surface area contributed by atoms with E-state index in [1.54, 1.807) is 0 Å². The molecule has 0 aromatic heterocycles. The van der Waals surface area contributed by atoms with E-state index in [1.807, 2.05) is 0 Å². The van der Waals surface area contributed by atoms with Gasteiger partial charge in [0, 0.05) is 0 Å². The van der Waals surface area contributed by atoms with Gasteiger partial charge >= 0.3 is 0 Å². The number of aliphatic hydroxyl groups excluding tert-OH is 6. The summed E-state index contributed by atoms with van der Waals surface area (Å²) in [6.07, 6.45) is 2.60. The molecule has 1 heterocycles. The standard InChI is InChI=1S/C36H62O8/c1-20(2)10-9-14-36(8,44-31-30(42)29(41)28(40)23(19-37)43-31)21-11-16-35(7)27(21)22(38)18-25-33(5)15-13-26(39)32(3,4)24(33)12-17-34(25,35)6/h10,21-31,37-42H,9,11-19H2,1-8H3/t21-,22-,23-,24-,25-,26+,27+,28-,29+,30-,31+,33+,34-,35-,36+/m1/s1. The molecule has 4 saturated carbocycles. The van der Waals surface area contributed by atoms with Gasteiger partial charge in [-0.1, -0.05) is 46.3 Å². The van der Waals surface area contributed by atoms with Crippen LogP contribution in [0, 0.1) is 45.3 Å². The van der Waals surface area contributed by atoms with Gasteiger partial charge in [0.15, 0.2) is 6.29 Å². The zero-order valence-electron chi connectivity index (χ0n) is 28.5. The second-order valence-electron chi connectivity index (χ2n) is 17.3. The van der Waals surface area contributed by atoms with E-state index in [9.17, 15) is 30.6 Å². The molecule has 8 nitrogen and oxygen atoms in total. The first kappa shape index (κ1) is 34.7. The average Bonchev–Trinajstić information content (AvgIpc) is 3.33. The number of rotatable bonds is 7. The van der Waals surface area contributed by atoms with E-state index >= 15 is 0 Å². The van der Waals surface area contributed by atoms with Crippen LogP contribution in [0.15, 0.2) is 11.6 Å². The van der Waals surface area contributed by atoms with Crippen molar-refractivity contribution < 1.29 is 40.1 Å². The van der Waals surface area contributed by atoms with Gasteiger partial charge in [0.1, 0.15) is 24.4 Å². The lowest BCUT2D eigenvalue weighted by Crippen LogP contribution is -2.67. The highest BCUT2D eigenvalue weighted by molar-refractivity contribution is 5.20. The first-order chi connectivity index (χ1) is 20.4. The Morgan fingerprint density at radius 2 is 1.52 bits per heavy atom. The van der Waals surface area contributed by atoms with Gasteiger partial charge < -0.3 is 40.1 Å². The maximum absolute atomic E-state index is 12.2. The Balaban J connectivity index is 1.49. The topological polar surface area (TPSA) is 140 Å². The predicted molar refractivity (Wildman–Crippen MR) is 168 cm³/mol. The van der Waals surface area contributed by atoms with Gasteiger partial charge in [0.2, 0.25) is 0 Å². The summed E-state index contributed by atoms with van der Waals surface area (Å²) in [6, 6.07) is 0. The van der Waals surface area contributed by atoms with Crippen LogP contribution in [0.3, 0.4) is 0 Å². The maximum atomic E-state index is 12.2. The minimum atomic E-state index is -1.50. The number of allylic oxidation sites excluding steroid dienone is 2. The van der Waals surface area contributed by atoms with Crippen LogP contribution < -0.4 is 0 Å². The Morgan fingerprint density at radius 1 is 0.864 bits per heavy atom. The number of fused-ring (bicyclic) bond motifs is 5. The van der Waals surface area contributed by atoms with Crippen molar-refractivity contribution in [2.45, 2.75) is 162 Å². The third-order valence-electron chi connectivity index (χ3n) is 14.6. The van der Waals surface area contributed by atoms with Crippen LogP contribution in [0.25, 0.3) is 0 Å². The fraction of sp³-hybridized carbons (Fsp3) is 0.944. The molecule has 5 rings (SSSR count). The van der Waals surface area contributed by atoms with Gasteiger partial charge in [-0.2, -0.15) is 0 Å².